The van der Waals surface area contributed by atoms with Crippen molar-refractivity contribution in [1.82, 2.24) is 0 Å². The summed E-state index contributed by atoms with van der Waals surface area (Å²) in [6, 6.07) is 0. The van der Waals surface area contributed by atoms with E-state index in [2.05, 4.69) is 16.1 Å². The molecule has 14 heteroatoms. The maximum atomic E-state index is 14.3. The predicted molar refractivity (Wildman–Crippen MR) is 61.1 cm³/mol. The standard InChI is InChI=1S/C12H10F10O4/c1-4-5(23)25-10(12(20,21)22)9(15,16)6(2,24)8(13,14)7(3,26-10)11(17,18)19/h4,24H,1H2,2-3H3. The van der Waals surface area contributed by atoms with E-state index < -0.39 is 61.0 Å². The van der Waals surface area contributed by atoms with Crippen LogP contribution in [-0.2, 0) is 14.3 Å². The summed E-state index contributed by atoms with van der Waals surface area (Å²) in [7, 11) is 0. The Morgan fingerprint density at radius 1 is 1.00 bits per heavy atom. The van der Waals surface area contributed by atoms with Gasteiger partial charge in [0, 0.05) is 6.08 Å². The Balaban J connectivity index is 3.97. The zero-order valence-corrected chi connectivity index (χ0v) is 12.7. The van der Waals surface area contributed by atoms with Crippen molar-refractivity contribution in [2.45, 2.75) is 55.0 Å². The smallest absolute Gasteiger partial charge is 0.415 e. The van der Waals surface area contributed by atoms with Crippen molar-refractivity contribution in [3.8, 4) is 0 Å². The van der Waals surface area contributed by atoms with Gasteiger partial charge in [-0.3, -0.25) is 0 Å². The third-order valence-electron chi connectivity index (χ3n) is 3.91. The number of alkyl halides is 10. The number of hydrogen-bond donors (Lipinski definition) is 1. The average Bonchev–Trinajstić information content (AvgIpc) is 2.41. The van der Waals surface area contributed by atoms with Gasteiger partial charge in [-0.15, -0.1) is 0 Å². The third-order valence-corrected chi connectivity index (χ3v) is 3.91. The van der Waals surface area contributed by atoms with E-state index in [4.69, 9.17) is 0 Å². The number of aliphatic hydroxyl groups is 1. The first-order valence-corrected chi connectivity index (χ1v) is 6.33. The van der Waals surface area contributed by atoms with E-state index in [0.29, 0.717) is 0 Å². The third kappa shape index (κ3) is 2.41. The molecule has 3 unspecified atom stereocenters. The minimum Gasteiger partial charge on any atom is -0.415 e. The monoisotopic (exact) mass is 408 g/mol. The molecule has 0 amide bonds. The maximum Gasteiger partial charge on any atom is 0.462 e. The highest BCUT2D eigenvalue weighted by Crippen LogP contribution is 2.65. The van der Waals surface area contributed by atoms with Gasteiger partial charge in [0.15, 0.2) is 5.60 Å². The van der Waals surface area contributed by atoms with Crippen LogP contribution >= 0.6 is 0 Å². The van der Waals surface area contributed by atoms with Crippen LogP contribution in [0.2, 0.25) is 0 Å². The fraction of sp³-hybridized carbons (Fsp3) is 0.750. The summed E-state index contributed by atoms with van der Waals surface area (Å²) in [5.74, 6) is -20.5. The summed E-state index contributed by atoms with van der Waals surface area (Å²) in [5.41, 5.74) is -10.6. The molecule has 0 aromatic rings. The molecule has 1 heterocycles. The minimum atomic E-state index is -6.68. The number of hydrogen-bond acceptors (Lipinski definition) is 4. The van der Waals surface area contributed by atoms with Crippen molar-refractivity contribution in [2.24, 2.45) is 0 Å². The number of rotatable bonds is 2. The van der Waals surface area contributed by atoms with Gasteiger partial charge in [-0.05, 0) is 13.8 Å². The molecular formula is C12H10F10O4. The lowest BCUT2D eigenvalue weighted by atomic mass is 9.73. The van der Waals surface area contributed by atoms with Crippen LogP contribution in [0.5, 0.6) is 0 Å². The highest BCUT2D eigenvalue weighted by Gasteiger charge is 2.95. The van der Waals surface area contributed by atoms with Gasteiger partial charge in [-0.25, -0.2) is 4.79 Å². The van der Waals surface area contributed by atoms with Crippen LogP contribution in [0.3, 0.4) is 0 Å². The second-order valence-electron chi connectivity index (χ2n) is 5.59. The fourth-order valence-electron chi connectivity index (χ4n) is 2.20. The van der Waals surface area contributed by atoms with Crippen molar-refractivity contribution in [3.05, 3.63) is 12.7 Å². The van der Waals surface area contributed by atoms with E-state index in [-0.39, 0.29) is 6.08 Å². The van der Waals surface area contributed by atoms with Gasteiger partial charge in [-0.2, -0.15) is 43.9 Å². The van der Waals surface area contributed by atoms with Crippen LogP contribution in [0.15, 0.2) is 12.7 Å². The van der Waals surface area contributed by atoms with Crippen molar-refractivity contribution in [2.75, 3.05) is 0 Å². The Hall–Kier alpha value is -1.57. The van der Waals surface area contributed by atoms with Gasteiger partial charge < -0.3 is 14.6 Å². The number of carbonyl (C=O) groups excluding carboxylic acids is 1. The Kier molecular flexibility index (Phi) is 4.73. The highest BCUT2D eigenvalue weighted by molar-refractivity contribution is 5.81. The first kappa shape index (κ1) is 22.5. The molecule has 0 radical (unpaired) electrons. The Bertz CT molecular complexity index is 608. The molecule has 1 aliphatic heterocycles. The van der Waals surface area contributed by atoms with E-state index in [1.54, 1.807) is 0 Å². The zero-order chi connectivity index (χ0) is 21.2. The SMILES string of the molecule is C=CC(=O)OC1(C(F)(F)F)OC(C)(C(F)(F)F)C(F)(F)C(C)(O)C1(F)F. The van der Waals surface area contributed by atoms with Gasteiger partial charge in [0.25, 0.3) is 0 Å². The molecule has 0 aliphatic carbocycles. The molecule has 4 nitrogen and oxygen atoms in total. The van der Waals surface area contributed by atoms with Crippen LogP contribution in [-0.4, -0.2) is 52.3 Å². The predicted octanol–water partition coefficient (Wildman–Crippen LogP) is 3.35. The van der Waals surface area contributed by atoms with Gasteiger partial charge >= 0.3 is 36.0 Å². The summed E-state index contributed by atoms with van der Waals surface area (Å²) < 4.78 is 142. The van der Waals surface area contributed by atoms with Crippen LogP contribution in [0.25, 0.3) is 0 Å². The minimum absolute atomic E-state index is 0.153. The summed E-state index contributed by atoms with van der Waals surface area (Å²) in [6.07, 6.45) is -13.2. The molecule has 3 atom stereocenters. The number of halogens is 10. The van der Waals surface area contributed by atoms with Gasteiger partial charge in [0.2, 0.25) is 5.60 Å². The Morgan fingerprint density at radius 2 is 1.42 bits per heavy atom. The second kappa shape index (κ2) is 5.47. The lowest BCUT2D eigenvalue weighted by Crippen LogP contribution is -2.86. The van der Waals surface area contributed by atoms with Crippen LogP contribution in [0, 0.1) is 0 Å². The van der Waals surface area contributed by atoms with E-state index in [0.717, 1.165) is 0 Å². The molecule has 1 aliphatic rings. The summed E-state index contributed by atoms with van der Waals surface area (Å²) in [6.45, 7) is 1.20. The van der Waals surface area contributed by atoms with Crippen LogP contribution in [0.4, 0.5) is 43.9 Å². The molecule has 0 aromatic carbocycles. The van der Waals surface area contributed by atoms with Gasteiger partial charge in [0.05, 0.1) is 0 Å². The molecule has 152 valence electrons. The largest absolute Gasteiger partial charge is 0.462 e. The number of carbonyl (C=O) groups is 1. The van der Waals surface area contributed by atoms with E-state index in [9.17, 15) is 53.8 Å². The van der Waals surface area contributed by atoms with E-state index in [1.165, 1.54) is 0 Å². The average molecular weight is 408 g/mol. The maximum absolute atomic E-state index is 14.3. The molecule has 1 rings (SSSR count). The van der Waals surface area contributed by atoms with Crippen LogP contribution < -0.4 is 0 Å². The van der Waals surface area contributed by atoms with Gasteiger partial charge in [0.1, 0.15) is 0 Å². The van der Waals surface area contributed by atoms with Gasteiger partial charge in [-0.1, -0.05) is 6.58 Å². The van der Waals surface area contributed by atoms with Crippen molar-refractivity contribution < 1.29 is 63.3 Å². The molecule has 0 aromatic heterocycles. The van der Waals surface area contributed by atoms with Crippen LogP contribution in [0.1, 0.15) is 13.8 Å². The Labute approximate surface area is 138 Å². The second-order valence-corrected chi connectivity index (χ2v) is 5.59. The lowest BCUT2D eigenvalue weighted by Gasteiger charge is -2.58. The van der Waals surface area contributed by atoms with Crippen molar-refractivity contribution >= 4 is 5.97 Å². The first-order chi connectivity index (χ1) is 11.2. The van der Waals surface area contributed by atoms with Crippen molar-refractivity contribution in [1.29, 1.82) is 0 Å². The topological polar surface area (TPSA) is 55.8 Å². The summed E-state index contributed by atoms with van der Waals surface area (Å²) >= 11 is 0. The summed E-state index contributed by atoms with van der Waals surface area (Å²) in [4.78, 5) is 11.0. The first-order valence-electron chi connectivity index (χ1n) is 6.33. The molecule has 0 bridgehead atoms. The molecule has 1 fully saturated rings. The summed E-state index contributed by atoms with van der Waals surface area (Å²) in [5, 5.41) is 9.42. The normalized spacial score (nSPS) is 37.1. The molecule has 1 saturated heterocycles. The zero-order valence-electron chi connectivity index (χ0n) is 12.7. The van der Waals surface area contributed by atoms with E-state index >= 15 is 0 Å². The molecule has 26 heavy (non-hydrogen) atoms. The number of esters is 1. The van der Waals surface area contributed by atoms with E-state index in [1.807, 2.05) is 0 Å². The van der Waals surface area contributed by atoms with Crippen molar-refractivity contribution in [3.63, 3.8) is 0 Å². The molecule has 0 spiro atoms. The lowest BCUT2D eigenvalue weighted by molar-refractivity contribution is -0.551. The highest BCUT2D eigenvalue weighted by atomic mass is 19.4. The molecular weight excluding hydrogens is 398 g/mol. The Morgan fingerprint density at radius 3 is 1.73 bits per heavy atom. The fourth-order valence-corrected chi connectivity index (χ4v) is 2.20. The quantitative estimate of drug-likeness (QED) is 0.433. The number of ether oxygens (including phenoxy) is 2. The molecule has 1 N–H and O–H groups in total. The molecule has 0 saturated carbocycles.